The number of hydrogen-bond acceptors (Lipinski definition) is 4. The lowest BCUT2D eigenvalue weighted by Gasteiger charge is -2.35. The maximum Gasteiger partial charge on any atom is 0.0594 e. The molecule has 1 rings (SSSR count). The molecule has 1 fully saturated rings. The molecule has 0 aromatic heterocycles. The van der Waals surface area contributed by atoms with Crippen LogP contribution in [-0.2, 0) is 4.74 Å². The van der Waals surface area contributed by atoms with Gasteiger partial charge in [0.2, 0.25) is 0 Å². The minimum absolute atomic E-state index is 0.621. The molecule has 1 saturated heterocycles. The Balaban J connectivity index is 2.12. The zero-order valence-corrected chi connectivity index (χ0v) is 10.1. The van der Waals surface area contributed by atoms with Crippen LogP contribution >= 0.6 is 0 Å². The summed E-state index contributed by atoms with van der Waals surface area (Å²) in [6, 6.07) is 0.699. The van der Waals surface area contributed by atoms with E-state index >= 15 is 0 Å². The first-order valence-electron chi connectivity index (χ1n) is 5.90. The molecular weight excluding hydrogens is 190 g/mol. The van der Waals surface area contributed by atoms with Crippen LogP contribution in [0.15, 0.2) is 0 Å². The number of likely N-dealkylation sites (tertiary alicyclic amines) is 1. The van der Waals surface area contributed by atoms with Gasteiger partial charge in [-0.3, -0.25) is 4.90 Å². The number of nitrogens with zero attached hydrogens (tertiary/aromatic N) is 2. The molecule has 0 aliphatic carbocycles. The van der Waals surface area contributed by atoms with E-state index in [1.165, 1.54) is 25.9 Å². The average molecular weight is 215 g/mol. The highest BCUT2D eigenvalue weighted by Gasteiger charge is 2.20. The van der Waals surface area contributed by atoms with E-state index in [0.717, 1.165) is 13.2 Å². The van der Waals surface area contributed by atoms with Gasteiger partial charge in [0.15, 0.2) is 0 Å². The third-order valence-corrected chi connectivity index (χ3v) is 3.07. The maximum atomic E-state index is 5.39. The Morgan fingerprint density at radius 2 is 2.27 bits per heavy atom. The SMILES string of the molecule is CN1CCCC(N(C)CCOCCN)C1. The van der Waals surface area contributed by atoms with Crippen LogP contribution < -0.4 is 5.73 Å². The van der Waals surface area contributed by atoms with Gasteiger partial charge in [-0.1, -0.05) is 0 Å². The molecule has 1 atom stereocenters. The number of ether oxygens (including phenoxy) is 1. The lowest BCUT2D eigenvalue weighted by atomic mass is 10.1. The number of nitrogens with two attached hydrogens (primary N) is 1. The highest BCUT2D eigenvalue weighted by molar-refractivity contribution is 4.77. The van der Waals surface area contributed by atoms with Gasteiger partial charge < -0.3 is 15.4 Å². The van der Waals surface area contributed by atoms with Crippen molar-refractivity contribution in [3.8, 4) is 0 Å². The second-order valence-corrected chi connectivity index (χ2v) is 4.44. The average Bonchev–Trinajstić information content (AvgIpc) is 2.24. The largest absolute Gasteiger partial charge is 0.379 e. The van der Waals surface area contributed by atoms with E-state index in [9.17, 15) is 0 Å². The summed E-state index contributed by atoms with van der Waals surface area (Å²) < 4.78 is 5.39. The summed E-state index contributed by atoms with van der Waals surface area (Å²) in [4.78, 5) is 4.82. The fraction of sp³-hybridized carbons (Fsp3) is 1.00. The number of rotatable bonds is 6. The predicted molar refractivity (Wildman–Crippen MR) is 63.0 cm³/mol. The smallest absolute Gasteiger partial charge is 0.0594 e. The van der Waals surface area contributed by atoms with E-state index in [-0.39, 0.29) is 0 Å². The van der Waals surface area contributed by atoms with Crippen LogP contribution in [0.2, 0.25) is 0 Å². The number of piperidine rings is 1. The second kappa shape index (κ2) is 7.17. The molecule has 0 radical (unpaired) electrons. The zero-order valence-electron chi connectivity index (χ0n) is 10.1. The fourth-order valence-electron chi connectivity index (χ4n) is 2.08. The third-order valence-electron chi connectivity index (χ3n) is 3.07. The summed E-state index contributed by atoms with van der Waals surface area (Å²) >= 11 is 0. The van der Waals surface area contributed by atoms with Gasteiger partial charge in [0, 0.05) is 25.7 Å². The van der Waals surface area contributed by atoms with E-state index in [2.05, 4.69) is 23.9 Å². The van der Waals surface area contributed by atoms with Crippen LogP contribution in [0.3, 0.4) is 0 Å². The molecule has 0 amide bonds. The Morgan fingerprint density at radius 1 is 1.47 bits per heavy atom. The predicted octanol–water partition coefficient (Wildman–Crippen LogP) is -0.0123. The van der Waals surface area contributed by atoms with Gasteiger partial charge in [-0.2, -0.15) is 0 Å². The van der Waals surface area contributed by atoms with Crippen LogP contribution in [0.25, 0.3) is 0 Å². The maximum absolute atomic E-state index is 5.39. The molecule has 15 heavy (non-hydrogen) atoms. The molecule has 2 N–H and O–H groups in total. The first kappa shape index (κ1) is 12.9. The molecular formula is C11H25N3O. The molecule has 90 valence electrons. The van der Waals surface area contributed by atoms with Crippen molar-refractivity contribution >= 4 is 0 Å². The van der Waals surface area contributed by atoms with Gasteiger partial charge in [0.1, 0.15) is 0 Å². The van der Waals surface area contributed by atoms with Crippen molar-refractivity contribution in [1.29, 1.82) is 0 Å². The van der Waals surface area contributed by atoms with Crippen molar-refractivity contribution in [2.45, 2.75) is 18.9 Å². The summed E-state index contributed by atoms with van der Waals surface area (Å²) in [5.41, 5.74) is 5.36. The molecule has 0 aromatic rings. The molecule has 1 aliphatic heterocycles. The zero-order chi connectivity index (χ0) is 11.1. The summed E-state index contributed by atoms with van der Waals surface area (Å²) in [6.07, 6.45) is 2.63. The van der Waals surface area contributed by atoms with Gasteiger partial charge in [0.25, 0.3) is 0 Å². The fourth-order valence-corrected chi connectivity index (χ4v) is 2.08. The van der Waals surface area contributed by atoms with E-state index < -0.39 is 0 Å². The molecule has 0 aromatic carbocycles. The molecule has 1 heterocycles. The Hall–Kier alpha value is -0.160. The van der Waals surface area contributed by atoms with E-state index in [1.54, 1.807) is 0 Å². The first-order chi connectivity index (χ1) is 7.24. The standard InChI is InChI=1S/C11H25N3O/c1-13-6-3-4-11(10-13)14(2)7-9-15-8-5-12/h11H,3-10,12H2,1-2H3. The Morgan fingerprint density at radius 3 is 2.93 bits per heavy atom. The number of hydrogen-bond donors (Lipinski definition) is 1. The normalized spacial score (nSPS) is 23.6. The van der Waals surface area contributed by atoms with Crippen LogP contribution in [0, 0.1) is 0 Å². The quantitative estimate of drug-likeness (QED) is 0.633. The van der Waals surface area contributed by atoms with Crippen LogP contribution in [0.5, 0.6) is 0 Å². The molecule has 1 aliphatic rings. The summed E-state index contributed by atoms with van der Waals surface area (Å²) in [5, 5.41) is 0. The van der Waals surface area contributed by atoms with Crippen molar-refractivity contribution in [2.24, 2.45) is 5.73 Å². The molecule has 1 unspecified atom stereocenters. The van der Waals surface area contributed by atoms with Gasteiger partial charge in [-0.25, -0.2) is 0 Å². The molecule has 0 spiro atoms. The Bertz CT molecular complexity index is 166. The monoisotopic (exact) mass is 215 g/mol. The lowest BCUT2D eigenvalue weighted by molar-refractivity contribution is 0.0801. The van der Waals surface area contributed by atoms with Crippen LogP contribution in [0.1, 0.15) is 12.8 Å². The van der Waals surface area contributed by atoms with Crippen molar-refractivity contribution in [2.75, 3.05) is 53.5 Å². The first-order valence-corrected chi connectivity index (χ1v) is 5.90. The van der Waals surface area contributed by atoms with Crippen molar-refractivity contribution in [3.05, 3.63) is 0 Å². The molecule has 0 saturated carbocycles. The summed E-state index contributed by atoms with van der Waals surface area (Å²) in [7, 11) is 4.39. The Labute approximate surface area is 93.4 Å². The molecule has 0 bridgehead atoms. The third kappa shape index (κ3) is 4.93. The van der Waals surface area contributed by atoms with Crippen LogP contribution in [-0.4, -0.2) is 69.3 Å². The van der Waals surface area contributed by atoms with Crippen molar-refractivity contribution in [3.63, 3.8) is 0 Å². The second-order valence-electron chi connectivity index (χ2n) is 4.44. The van der Waals surface area contributed by atoms with Gasteiger partial charge in [0.05, 0.1) is 13.2 Å². The molecule has 4 heteroatoms. The number of likely N-dealkylation sites (N-methyl/N-ethyl adjacent to an activating group) is 2. The highest BCUT2D eigenvalue weighted by atomic mass is 16.5. The lowest BCUT2D eigenvalue weighted by Crippen LogP contribution is -2.45. The van der Waals surface area contributed by atoms with E-state index in [4.69, 9.17) is 10.5 Å². The van der Waals surface area contributed by atoms with Crippen molar-refractivity contribution < 1.29 is 4.74 Å². The van der Waals surface area contributed by atoms with Gasteiger partial charge in [-0.05, 0) is 33.5 Å². The highest BCUT2D eigenvalue weighted by Crippen LogP contribution is 2.12. The minimum atomic E-state index is 0.621. The van der Waals surface area contributed by atoms with E-state index in [1.807, 2.05) is 0 Å². The molecule has 4 nitrogen and oxygen atoms in total. The summed E-state index contributed by atoms with van der Waals surface area (Å²) in [5.74, 6) is 0. The van der Waals surface area contributed by atoms with Crippen LogP contribution in [0.4, 0.5) is 0 Å². The minimum Gasteiger partial charge on any atom is -0.379 e. The topological polar surface area (TPSA) is 41.7 Å². The Kier molecular flexibility index (Phi) is 6.17. The van der Waals surface area contributed by atoms with Gasteiger partial charge in [-0.15, -0.1) is 0 Å². The van der Waals surface area contributed by atoms with Gasteiger partial charge >= 0.3 is 0 Å². The van der Waals surface area contributed by atoms with E-state index in [0.29, 0.717) is 19.2 Å². The van der Waals surface area contributed by atoms with Crippen molar-refractivity contribution in [1.82, 2.24) is 9.80 Å². The summed E-state index contributed by atoms with van der Waals surface area (Å²) in [6.45, 7) is 5.54.